The zero-order chi connectivity index (χ0) is 25.0. The number of esters is 1. The summed E-state index contributed by atoms with van der Waals surface area (Å²) in [5.41, 5.74) is 4.43. The highest BCUT2D eigenvalue weighted by molar-refractivity contribution is 6.04. The number of nitrogens with zero attached hydrogens (tertiary/aromatic N) is 3. The molecule has 3 rings (SSSR count). The number of nitrogens with one attached hydrogen (secondary N) is 1. The quantitative estimate of drug-likeness (QED) is 0.382. The summed E-state index contributed by atoms with van der Waals surface area (Å²) in [7, 11) is 3.85. The summed E-state index contributed by atoms with van der Waals surface area (Å²) < 4.78 is 14.1. The van der Waals surface area contributed by atoms with Crippen LogP contribution in [0.15, 0.2) is 33.5 Å². The van der Waals surface area contributed by atoms with Crippen LogP contribution in [-0.4, -0.2) is 53.2 Å². The number of oxazole rings is 1. The van der Waals surface area contributed by atoms with Crippen LogP contribution in [0.3, 0.4) is 0 Å². The van der Waals surface area contributed by atoms with Crippen molar-refractivity contribution in [2.45, 2.75) is 40.8 Å². The van der Waals surface area contributed by atoms with E-state index in [0.717, 1.165) is 11.4 Å². The molecule has 3 aromatic rings. The van der Waals surface area contributed by atoms with Gasteiger partial charge < -0.3 is 23.9 Å². The van der Waals surface area contributed by atoms with E-state index in [1.807, 2.05) is 44.3 Å². The largest absolute Gasteiger partial charge is 0.462 e. The first-order valence-electron chi connectivity index (χ1n) is 11.3. The zero-order valence-electron chi connectivity index (χ0n) is 20.6. The van der Waals surface area contributed by atoms with E-state index in [-0.39, 0.29) is 12.5 Å². The topological polar surface area (TPSA) is 98.7 Å². The van der Waals surface area contributed by atoms with Gasteiger partial charge in [0.05, 0.1) is 17.7 Å². The third-order valence-electron chi connectivity index (χ3n) is 5.73. The maximum Gasteiger partial charge on any atom is 0.419 e. The van der Waals surface area contributed by atoms with Crippen LogP contribution in [0.25, 0.3) is 17.2 Å². The molecule has 0 radical (unpaired) electrons. The minimum absolute atomic E-state index is 0.272. The van der Waals surface area contributed by atoms with Crippen molar-refractivity contribution in [1.29, 1.82) is 0 Å². The van der Waals surface area contributed by atoms with Gasteiger partial charge in [-0.2, -0.15) is 0 Å². The van der Waals surface area contributed by atoms with Gasteiger partial charge in [0, 0.05) is 48.3 Å². The summed E-state index contributed by atoms with van der Waals surface area (Å²) >= 11 is 0. The fourth-order valence-electron chi connectivity index (χ4n) is 4.04. The van der Waals surface area contributed by atoms with E-state index in [1.165, 1.54) is 6.08 Å². The normalized spacial score (nSPS) is 11.6. The number of benzene rings is 1. The van der Waals surface area contributed by atoms with Crippen molar-refractivity contribution in [2.75, 3.05) is 32.6 Å². The molecule has 0 aliphatic rings. The molecule has 182 valence electrons. The van der Waals surface area contributed by atoms with Crippen LogP contribution in [0.2, 0.25) is 0 Å². The van der Waals surface area contributed by atoms with Gasteiger partial charge >= 0.3 is 11.7 Å². The predicted molar refractivity (Wildman–Crippen MR) is 132 cm³/mol. The van der Waals surface area contributed by atoms with Crippen molar-refractivity contribution in [1.82, 2.24) is 14.0 Å². The van der Waals surface area contributed by atoms with Gasteiger partial charge in [-0.25, -0.2) is 9.59 Å². The average molecular weight is 469 g/mol. The highest BCUT2D eigenvalue weighted by atomic mass is 16.5. The minimum atomic E-state index is -0.432. The predicted octanol–water partition coefficient (Wildman–Crippen LogP) is 3.42. The van der Waals surface area contributed by atoms with Crippen LogP contribution in [0, 0.1) is 13.8 Å². The van der Waals surface area contributed by atoms with E-state index in [2.05, 4.69) is 5.32 Å². The maximum atomic E-state index is 12.7. The number of rotatable bonds is 9. The summed E-state index contributed by atoms with van der Waals surface area (Å²) in [6.07, 6.45) is 3.03. The number of ether oxygens (including phenoxy) is 1. The van der Waals surface area contributed by atoms with Crippen molar-refractivity contribution in [2.24, 2.45) is 0 Å². The average Bonchev–Trinajstić information content (AvgIpc) is 3.22. The SMILES string of the molecule is CCOC(=O)c1c(/C=C/C(=O)Nc2ccc3oc(=O)n(CCN(C)C)c3c2)c(C)n(CC)c1C. The molecule has 0 saturated carbocycles. The van der Waals surface area contributed by atoms with Crippen LogP contribution < -0.4 is 11.1 Å². The third-order valence-corrected chi connectivity index (χ3v) is 5.73. The fourth-order valence-corrected chi connectivity index (χ4v) is 4.04. The van der Waals surface area contributed by atoms with Gasteiger partial charge in [0.2, 0.25) is 5.91 Å². The Hall–Kier alpha value is -3.59. The van der Waals surface area contributed by atoms with Gasteiger partial charge in [0.25, 0.3) is 0 Å². The van der Waals surface area contributed by atoms with E-state index < -0.39 is 11.7 Å². The third kappa shape index (κ3) is 5.14. The highest BCUT2D eigenvalue weighted by Gasteiger charge is 2.22. The molecule has 0 aliphatic heterocycles. The molecule has 0 aliphatic carbocycles. The first kappa shape index (κ1) is 25.0. The van der Waals surface area contributed by atoms with Gasteiger partial charge in [-0.15, -0.1) is 0 Å². The second-order valence-electron chi connectivity index (χ2n) is 8.25. The Morgan fingerprint density at radius 1 is 1.15 bits per heavy atom. The second-order valence-corrected chi connectivity index (χ2v) is 8.25. The van der Waals surface area contributed by atoms with Crippen molar-refractivity contribution < 1.29 is 18.7 Å². The number of anilines is 1. The molecule has 2 heterocycles. The number of amides is 1. The molecule has 9 nitrogen and oxygen atoms in total. The molecule has 0 bridgehead atoms. The van der Waals surface area contributed by atoms with E-state index in [1.54, 1.807) is 35.8 Å². The molecular formula is C25H32N4O5. The Labute approximate surface area is 198 Å². The number of fused-ring (bicyclic) bond motifs is 1. The number of aromatic nitrogens is 2. The van der Waals surface area contributed by atoms with Crippen molar-refractivity contribution in [3.8, 4) is 0 Å². The maximum absolute atomic E-state index is 12.7. The van der Waals surface area contributed by atoms with Crippen LogP contribution in [0.5, 0.6) is 0 Å². The number of hydrogen-bond acceptors (Lipinski definition) is 6. The summed E-state index contributed by atoms with van der Waals surface area (Å²) in [6.45, 7) is 9.66. The molecule has 1 amide bonds. The van der Waals surface area contributed by atoms with Crippen LogP contribution in [0.1, 0.15) is 41.2 Å². The van der Waals surface area contributed by atoms with E-state index in [4.69, 9.17) is 9.15 Å². The van der Waals surface area contributed by atoms with Gasteiger partial charge in [-0.05, 0) is 66.1 Å². The number of carbonyl (C=O) groups excluding carboxylic acids is 2. The lowest BCUT2D eigenvalue weighted by molar-refractivity contribution is -0.111. The zero-order valence-corrected chi connectivity index (χ0v) is 20.6. The Morgan fingerprint density at radius 3 is 2.53 bits per heavy atom. The van der Waals surface area contributed by atoms with Crippen LogP contribution in [-0.2, 0) is 22.6 Å². The Morgan fingerprint density at radius 2 is 1.88 bits per heavy atom. The van der Waals surface area contributed by atoms with Crippen LogP contribution in [0.4, 0.5) is 5.69 Å². The number of hydrogen-bond donors (Lipinski definition) is 1. The lowest BCUT2D eigenvalue weighted by atomic mass is 10.1. The van der Waals surface area contributed by atoms with Gasteiger partial charge in [-0.1, -0.05) is 0 Å². The van der Waals surface area contributed by atoms with Gasteiger partial charge in [-0.3, -0.25) is 9.36 Å². The Balaban J connectivity index is 1.86. The standard InChI is InChI=1S/C25H32N4O5/c1-7-28-16(3)19(23(17(28)4)24(31)33-8-2)10-12-22(30)26-18-9-11-21-20(15-18)29(25(32)34-21)14-13-27(5)6/h9-12,15H,7-8,13-14H2,1-6H3,(H,26,30)/b12-10+. The summed E-state index contributed by atoms with van der Waals surface area (Å²) in [5.74, 6) is -1.20. The summed E-state index contributed by atoms with van der Waals surface area (Å²) in [6, 6.07) is 5.06. The van der Waals surface area contributed by atoms with Gasteiger partial charge in [0.1, 0.15) is 0 Å². The van der Waals surface area contributed by atoms with Gasteiger partial charge in [0.15, 0.2) is 5.58 Å². The number of likely N-dealkylation sites (N-methyl/N-ethyl adjacent to an activating group) is 1. The lowest BCUT2D eigenvalue weighted by Crippen LogP contribution is -2.23. The molecule has 34 heavy (non-hydrogen) atoms. The Bertz CT molecular complexity index is 1290. The summed E-state index contributed by atoms with van der Waals surface area (Å²) in [5, 5.41) is 2.82. The molecule has 0 saturated heterocycles. The Kier molecular flexibility index (Phi) is 7.78. The lowest BCUT2D eigenvalue weighted by Gasteiger charge is -2.09. The monoisotopic (exact) mass is 468 g/mol. The van der Waals surface area contributed by atoms with Crippen molar-refractivity contribution in [3.63, 3.8) is 0 Å². The molecule has 0 fully saturated rings. The molecular weight excluding hydrogens is 436 g/mol. The van der Waals surface area contributed by atoms with E-state index >= 15 is 0 Å². The smallest absolute Gasteiger partial charge is 0.419 e. The summed E-state index contributed by atoms with van der Waals surface area (Å²) in [4.78, 5) is 39.4. The van der Waals surface area contributed by atoms with Crippen molar-refractivity contribution >= 4 is 34.7 Å². The highest BCUT2D eigenvalue weighted by Crippen LogP contribution is 2.25. The van der Waals surface area contributed by atoms with Crippen molar-refractivity contribution in [3.05, 3.63) is 57.3 Å². The minimum Gasteiger partial charge on any atom is -0.462 e. The van der Waals surface area contributed by atoms with Crippen LogP contribution >= 0.6 is 0 Å². The molecule has 1 N–H and O–H groups in total. The molecule has 0 spiro atoms. The van der Waals surface area contributed by atoms with E-state index in [0.29, 0.717) is 47.5 Å². The molecule has 2 aromatic heterocycles. The molecule has 0 unspecified atom stereocenters. The molecule has 0 atom stereocenters. The second kappa shape index (κ2) is 10.6. The fraction of sp³-hybridized carbons (Fsp3) is 0.400. The first-order valence-corrected chi connectivity index (χ1v) is 11.3. The molecule has 1 aromatic carbocycles. The molecule has 9 heteroatoms. The van der Waals surface area contributed by atoms with E-state index in [9.17, 15) is 14.4 Å². The first-order chi connectivity index (χ1) is 16.2. The number of carbonyl (C=O) groups is 2.